The first-order valence-electron chi connectivity index (χ1n) is 13.2. The zero-order chi connectivity index (χ0) is 25.3. The van der Waals surface area contributed by atoms with E-state index in [2.05, 4.69) is 19.9 Å². The molecule has 1 amide bonds. The Morgan fingerprint density at radius 1 is 1.15 bits per heavy atom. The summed E-state index contributed by atoms with van der Waals surface area (Å²) in [4.78, 5) is 26.2. The molecule has 0 spiro atoms. The maximum atomic E-state index is 13.9. The fourth-order valence-electron chi connectivity index (χ4n) is 8.40. The molecule has 4 rings (SSSR count). The number of hydroxylamine groups is 3. The first-order chi connectivity index (χ1) is 15.7. The second-order valence-electron chi connectivity index (χ2n) is 12.4. The minimum Gasteiger partial charge on any atom is -0.775 e. The molecule has 4 aliphatic carbocycles. The fraction of sp³-hybridized carbons (Fsp3) is 0.815. The van der Waals surface area contributed by atoms with Crippen LogP contribution < -0.4 is 4.89 Å². The van der Waals surface area contributed by atoms with E-state index in [0.717, 1.165) is 44.1 Å². The summed E-state index contributed by atoms with van der Waals surface area (Å²) in [6, 6.07) is -0.337. The molecule has 0 aromatic carbocycles. The van der Waals surface area contributed by atoms with Gasteiger partial charge in [0.25, 0.3) is 0 Å². The van der Waals surface area contributed by atoms with Crippen LogP contribution in [-0.2, 0) is 13.9 Å². The quantitative estimate of drug-likeness (QED) is 0.226. The third kappa shape index (κ3) is 3.66. The summed E-state index contributed by atoms with van der Waals surface area (Å²) in [5.74, 6) is 1.34. The predicted octanol–water partition coefficient (Wildman–Crippen LogP) is 5.81. The van der Waals surface area contributed by atoms with E-state index in [0.29, 0.717) is 29.5 Å². The molecule has 1 unspecified atom stereocenters. The second-order valence-corrected chi connectivity index (χ2v) is 14.4. The third-order valence-corrected chi connectivity index (χ3v) is 12.1. The van der Waals surface area contributed by atoms with Crippen LogP contribution >= 0.6 is 7.60 Å². The van der Waals surface area contributed by atoms with Crippen molar-refractivity contribution in [1.29, 1.82) is 0 Å². The van der Waals surface area contributed by atoms with E-state index in [4.69, 9.17) is 4.52 Å². The molecule has 192 valence electrons. The highest BCUT2D eigenvalue weighted by Crippen LogP contribution is 2.67. The maximum Gasteiger partial charge on any atom is 0.349 e. The van der Waals surface area contributed by atoms with Crippen LogP contribution in [0.2, 0.25) is 0 Å². The average Bonchev–Trinajstić information content (AvgIpc) is 3.14. The van der Waals surface area contributed by atoms with E-state index in [1.807, 2.05) is 33.8 Å². The molecular formula is C27H44NO5P. The molecule has 0 aromatic rings. The number of amides is 1. The van der Waals surface area contributed by atoms with Crippen molar-refractivity contribution < 1.29 is 28.6 Å². The molecule has 0 aromatic heterocycles. The second kappa shape index (κ2) is 8.66. The number of carbonyl (C=O) groups is 1. The number of hydrogen-bond acceptors (Lipinski definition) is 5. The van der Waals surface area contributed by atoms with Gasteiger partial charge in [-0.25, -0.2) is 10.0 Å². The van der Waals surface area contributed by atoms with Crippen LogP contribution in [-0.4, -0.2) is 35.0 Å². The Labute approximate surface area is 205 Å². The van der Waals surface area contributed by atoms with Gasteiger partial charge in [-0.05, 0) is 107 Å². The first-order valence-corrected chi connectivity index (χ1v) is 14.7. The van der Waals surface area contributed by atoms with Crippen molar-refractivity contribution in [2.24, 2.45) is 34.5 Å². The lowest BCUT2D eigenvalue weighted by Crippen LogP contribution is -2.63. The van der Waals surface area contributed by atoms with Crippen molar-refractivity contribution in [2.75, 3.05) is 7.11 Å². The number of fused-ring (bicyclic) bond motifs is 5. The van der Waals surface area contributed by atoms with Crippen LogP contribution in [0.25, 0.3) is 0 Å². The summed E-state index contributed by atoms with van der Waals surface area (Å²) >= 11 is 0. The summed E-state index contributed by atoms with van der Waals surface area (Å²) < 4.78 is 16.7. The molecule has 7 atom stereocenters. The van der Waals surface area contributed by atoms with Crippen LogP contribution in [0.15, 0.2) is 23.0 Å². The van der Waals surface area contributed by atoms with Crippen LogP contribution in [0.4, 0.5) is 0 Å². The Morgan fingerprint density at radius 3 is 2.38 bits per heavy atom. The van der Waals surface area contributed by atoms with E-state index < -0.39 is 12.2 Å². The molecule has 1 N–H and O–H groups in total. The van der Waals surface area contributed by atoms with Gasteiger partial charge in [0, 0.05) is 12.4 Å². The molecule has 0 radical (unpaired) electrons. The smallest absolute Gasteiger partial charge is 0.349 e. The monoisotopic (exact) mass is 493 g/mol. The average molecular weight is 494 g/mol. The van der Waals surface area contributed by atoms with E-state index >= 15 is 0 Å². The Hall–Kier alpha value is -0.780. The van der Waals surface area contributed by atoms with Gasteiger partial charge >= 0.3 is 5.91 Å². The Balaban J connectivity index is 1.64. The molecule has 34 heavy (non-hydrogen) atoms. The standard InChI is InChI=1S/C27H44NO5P/c1-17(2)28(30,18(3)4)25(29)24-11-10-22-21-9-8-19-16-20(34(31,32)33-7)12-14-26(19,5)23(21)13-15-27(22,24)6/h8,16-18,21-24,30H,9-15H2,1-7H3/t21-,22-,23-,24+,26-,27-/m0/s1. The molecule has 0 saturated heterocycles. The first kappa shape index (κ1) is 26.3. The van der Waals surface area contributed by atoms with Crippen molar-refractivity contribution in [3.8, 4) is 0 Å². The van der Waals surface area contributed by atoms with Gasteiger partial charge in [-0.2, -0.15) is 0 Å². The molecule has 0 aliphatic heterocycles. The Bertz CT molecular complexity index is 947. The summed E-state index contributed by atoms with van der Waals surface area (Å²) in [6.07, 6.45) is 10.4. The van der Waals surface area contributed by atoms with Crippen LogP contribution in [0.3, 0.4) is 0 Å². The van der Waals surface area contributed by atoms with Crippen LogP contribution in [0, 0.1) is 34.5 Å². The third-order valence-electron chi connectivity index (χ3n) is 10.6. The van der Waals surface area contributed by atoms with Gasteiger partial charge in [0.15, 0.2) is 7.60 Å². The zero-order valence-corrected chi connectivity index (χ0v) is 22.9. The lowest BCUT2D eigenvalue weighted by atomic mass is 9.48. The van der Waals surface area contributed by atoms with Gasteiger partial charge < -0.3 is 14.0 Å². The molecule has 2 saturated carbocycles. The van der Waals surface area contributed by atoms with E-state index in [-0.39, 0.29) is 34.7 Å². The lowest BCUT2D eigenvalue weighted by molar-refractivity contribution is -1.07. The molecule has 6 nitrogen and oxygen atoms in total. The molecule has 0 heterocycles. The topological polar surface area (TPSA) is 86.7 Å². The zero-order valence-electron chi connectivity index (χ0n) is 22.0. The van der Waals surface area contributed by atoms with Gasteiger partial charge in [-0.15, -0.1) is 4.65 Å². The lowest BCUT2D eigenvalue weighted by Gasteiger charge is -2.57. The highest BCUT2D eigenvalue weighted by atomic mass is 31.2. The number of allylic oxidation sites excluding steroid dienone is 4. The van der Waals surface area contributed by atoms with Crippen molar-refractivity contribution in [3.05, 3.63) is 23.0 Å². The highest BCUT2D eigenvalue weighted by Gasteiger charge is 2.63. The van der Waals surface area contributed by atoms with Gasteiger partial charge in [0.2, 0.25) is 0 Å². The largest absolute Gasteiger partial charge is 0.775 e. The number of nitrogens with zero attached hydrogens (tertiary/aromatic N) is 1. The van der Waals surface area contributed by atoms with Gasteiger partial charge in [-0.3, -0.25) is 0 Å². The van der Waals surface area contributed by atoms with Crippen LogP contribution in [0.1, 0.15) is 86.5 Å². The van der Waals surface area contributed by atoms with E-state index in [1.165, 1.54) is 7.11 Å². The van der Waals surface area contributed by atoms with Gasteiger partial charge in [0.05, 0.1) is 5.92 Å². The molecule has 7 heteroatoms. The van der Waals surface area contributed by atoms with E-state index in [9.17, 15) is 19.5 Å². The minimum absolute atomic E-state index is 0.00251. The van der Waals surface area contributed by atoms with Crippen molar-refractivity contribution in [2.45, 2.75) is 98.6 Å². The Morgan fingerprint density at radius 2 is 1.79 bits per heavy atom. The molecule has 2 fully saturated rings. The van der Waals surface area contributed by atoms with Gasteiger partial charge in [0.1, 0.15) is 12.1 Å². The summed E-state index contributed by atoms with van der Waals surface area (Å²) in [7, 11) is -2.71. The fourth-order valence-corrected chi connectivity index (χ4v) is 9.32. The predicted molar refractivity (Wildman–Crippen MR) is 131 cm³/mol. The molecule has 0 bridgehead atoms. The van der Waals surface area contributed by atoms with Crippen molar-refractivity contribution >= 4 is 13.5 Å². The number of rotatable bonds is 5. The van der Waals surface area contributed by atoms with Crippen molar-refractivity contribution in [1.82, 2.24) is 0 Å². The SMILES string of the molecule is COP(=O)([O-])C1=CC2=CC[C@H]3[C@@H]4CC[C@H](C(=O)[N+](O)(C(C)C)C(C)C)[C@@]4(C)CC[C@@H]3[C@@]2(C)CC1. The highest BCUT2D eigenvalue weighted by molar-refractivity contribution is 7.56. The summed E-state index contributed by atoms with van der Waals surface area (Å²) in [5, 5.41) is 11.9. The van der Waals surface area contributed by atoms with E-state index in [1.54, 1.807) is 0 Å². The molecular weight excluding hydrogens is 449 g/mol. The number of carbonyl (C=O) groups excluding carboxylic acids is 1. The Kier molecular flexibility index (Phi) is 6.70. The number of quaternary nitrogens is 1. The maximum absolute atomic E-state index is 13.9. The van der Waals surface area contributed by atoms with Crippen molar-refractivity contribution in [3.63, 3.8) is 0 Å². The minimum atomic E-state index is -3.95. The summed E-state index contributed by atoms with van der Waals surface area (Å²) in [5.41, 5.74) is 1.03. The number of hydrogen-bond donors (Lipinski definition) is 1. The normalized spacial score (nSPS) is 39.6. The van der Waals surface area contributed by atoms with Gasteiger partial charge in [-0.1, -0.05) is 26.0 Å². The summed E-state index contributed by atoms with van der Waals surface area (Å²) in [6.45, 7) is 12.4. The van der Waals surface area contributed by atoms with Crippen LogP contribution in [0.5, 0.6) is 0 Å². The molecule has 4 aliphatic rings.